The minimum Gasteiger partial charge on any atom is -0.433 e. The van der Waals surface area contributed by atoms with Gasteiger partial charge in [-0.25, -0.2) is 0 Å². The molecule has 200 valence electrons. The number of esters is 1. The Bertz CT molecular complexity index is 1260. The van der Waals surface area contributed by atoms with Crippen molar-refractivity contribution in [3.05, 3.63) is 60.2 Å². The quantitative estimate of drug-likeness (QED) is 0.448. The van der Waals surface area contributed by atoms with Crippen molar-refractivity contribution in [2.75, 3.05) is 6.61 Å². The number of piperidine rings is 1. The highest BCUT2D eigenvalue weighted by molar-refractivity contribution is 6.01. The third-order valence-corrected chi connectivity index (χ3v) is 7.48. The van der Waals surface area contributed by atoms with E-state index >= 15 is 0 Å². The number of rotatable bonds is 6. The van der Waals surface area contributed by atoms with Gasteiger partial charge in [0.25, 0.3) is 5.91 Å². The van der Waals surface area contributed by atoms with Crippen LogP contribution in [-0.4, -0.2) is 65.7 Å². The van der Waals surface area contributed by atoms with Gasteiger partial charge in [0.15, 0.2) is 0 Å². The summed E-state index contributed by atoms with van der Waals surface area (Å²) in [6.07, 6.45) is 6.20. The number of benzene rings is 2. The first-order chi connectivity index (χ1) is 18.4. The predicted octanol–water partition coefficient (Wildman–Crippen LogP) is 2.83. The summed E-state index contributed by atoms with van der Waals surface area (Å²) in [7, 11) is 0. The number of hydrogen-bond donors (Lipinski definition) is 2. The van der Waals surface area contributed by atoms with E-state index in [0.717, 1.165) is 23.6 Å². The highest BCUT2D eigenvalue weighted by Crippen LogP contribution is 2.29. The molecule has 2 fully saturated rings. The molecule has 0 saturated carbocycles. The van der Waals surface area contributed by atoms with Gasteiger partial charge in [-0.2, -0.15) is 0 Å². The Hall–Kier alpha value is -3.72. The lowest BCUT2D eigenvalue weighted by molar-refractivity contribution is -0.165. The van der Waals surface area contributed by atoms with Crippen LogP contribution in [0.4, 0.5) is 0 Å². The van der Waals surface area contributed by atoms with E-state index in [1.807, 2.05) is 48.6 Å². The average Bonchev–Trinajstić information content (AvgIpc) is 3.26. The van der Waals surface area contributed by atoms with Crippen molar-refractivity contribution in [2.45, 2.75) is 75.9 Å². The van der Waals surface area contributed by atoms with Crippen LogP contribution in [0.5, 0.6) is 0 Å². The molecule has 0 aliphatic carbocycles. The molecular weight excluding hydrogens is 486 g/mol. The predicted molar refractivity (Wildman–Crippen MR) is 140 cm³/mol. The highest BCUT2D eigenvalue weighted by Gasteiger charge is 2.43. The molecule has 3 amide bonds. The number of nitrogens with one attached hydrogen (secondary N) is 2. The Morgan fingerprint density at radius 1 is 1.03 bits per heavy atom. The molecule has 2 saturated heterocycles. The number of nitrogens with zero attached hydrogens (tertiary/aromatic N) is 1. The minimum atomic E-state index is -0.837. The third-order valence-electron chi connectivity index (χ3n) is 7.48. The summed E-state index contributed by atoms with van der Waals surface area (Å²) in [5.41, 5.74) is 0.472. The van der Waals surface area contributed by atoms with E-state index in [1.54, 1.807) is 17.9 Å². The fourth-order valence-electron chi connectivity index (χ4n) is 5.61. The van der Waals surface area contributed by atoms with Crippen molar-refractivity contribution in [2.24, 2.45) is 0 Å². The van der Waals surface area contributed by atoms with Gasteiger partial charge in [0.1, 0.15) is 18.1 Å². The van der Waals surface area contributed by atoms with E-state index in [4.69, 9.17) is 9.47 Å². The van der Waals surface area contributed by atoms with E-state index in [-0.39, 0.29) is 30.2 Å². The first kappa shape index (κ1) is 25.9. The van der Waals surface area contributed by atoms with Crippen molar-refractivity contribution < 1.29 is 28.7 Å². The molecule has 2 aromatic carbocycles. The molecule has 3 aliphatic heterocycles. The van der Waals surface area contributed by atoms with Gasteiger partial charge in [0, 0.05) is 18.2 Å². The number of ether oxygens (including phenoxy) is 2. The van der Waals surface area contributed by atoms with Gasteiger partial charge in [-0.3, -0.25) is 19.2 Å². The summed E-state index contributed by atoms with van der Waals surface area (Å²) in [6.45, 7) is 2.13. The van der Waals surface area contributed by atoms with Gasteiger partial charge in [0.05, 0.1) is 6.42 Å². The molecule has 2 unspecified atom stereocenters. The van der Waals surface area contributed by atoms with Crippen LogP contribution in [0.25, 0.3) is 10.8 Å². The lowest BCUT2D eigenvalue weighted by Crippen LogP contribution is -2.62. The normalized spacial score (nSPS) is 28.1. The van der Waals surface area contributed by atoms with Crippen molar-refractivity contribution in [1.29, 1.82) is 0 Å². The van der Waals surface area contributed by atoms with Gasteiger partial charge in [-0.15, -0.1) is 0 Å². The summed E-state index contributed by atoms with van der Waals surface area (Å²) in [6, 6.07) is 11.0. The van der Waals surface area contributed by atoms with Crippen LogP contribution in [0.2, 0.25) is 0 Å². The van der Waals surface area contributed by atoms with Crippen LogP contribution in [0.15, 0.2) is 54.6 Å². The topological polar surface area (TPSA) is 114 Å². The number of fused-ring (bicyclic) bond motifs is 2. The first-order valence-electron chi connectivity index (χ1n) is 13.3. The van der Waals surface area contributed by atoms with E-state index in [1.165, 1.54) is 0 Å². The van der Waals surface area contributed by atoms with Crippen LogP contribution in [0.3, 0.4) is 0 Å². The Morgan fingerprint density at radius 3 is 2.63 bits per heavy atom. The fraction of sp³-hybridized carbons (Fsp3) is 0.448. The zero-order valence-electron chi connectivity index (χ0n) is 21.4. The Balaban J connectivity index is 1.33. The minimum absolute atomic E-state index is 0.0215. The second-order valence-electron chi connectivity index (χ2n) is 10.0. The van der Waals surface area contributed by atoms with Crippen molar-refractivity contribution in [1.82, 2.24) is 15.5 Å². The van der Waals surface area contributed by atoms with Crippen LogP contribution < -0.4 is 10.6 Å². The van der Waals surface area contributed by atoms with E-state index < -0.39 is 30.4 Å². The third kappa shape index (κ3) is 5.43. The molecule has 0 aromatic heterocycles. The number of hydrogen-bond acceptors (Lipinski definition) is 6. The molecule has 9 nitrogen and oxygen atoms in total. The standard InChI is InChI=1S/C29H33N3O6/c1-2-37-29-23(17-25(33)38-29)31-27(35)24-13-7-11-21-10-5-6-12-22(28(36)32(21)24)30-26(34)20-15-14-18-8-3-4-9-19(18)16-20/h3-6,8-9,14-16,21-24,29H,2,7,10-13,17H2,1H3,(H,30,34)(H,31,35)/b6-5-/t21-,22-,23?,24-,29?/m0/s1. The van der Waals surface area contributed by atoms with Gasteiger partial charge in [-0.1, -0.05) is 42.5 Å². The second-order valence-corrected chi connectivity index (χ2v) is 10.0. The molecule has 2 N–H and O–H groups in total. The molecule has 5 atom stereocenters. The molecule has 0 bridgehead atoms. The van der Waals surface area contributed by atoms with Crippen LogP contribution in [-0.2, 0) is 23.9 Å². The molecule has 3 aliphatic rings. The molecule has 3 heterocycles. The largest absolute Gasteiger partial charge is 0.433 e. The highest BCUT2D eigenvalue weighted by atomic mass is 16.7. The van der Waals surface area contributed by atoms with Gasteiger partial charge < -0.3 is 25.0 Å². The molecule has 38 heavy (non-hydrogen) atoms. The van der Waals surface area contributed by atoms with E-state index in [2.05, 4.69) is 10.6 Å². The zero-order chi connectivity index (χ0) is 26.6. The van der Waals surface area contributed by atoms with Crippen LogP contribution in [0, 0.1) is 0 Å². The number of cyclic esters (lactones) is 1. The van der Waals surface area contributed by atoms with E-state index in [0.29, 0.717) is 31.4 Å². The van der Waals surface area contributed by atoms with Crippen molar-refractivity contribution >= 4 is 34.5 Å². The summed E-state index contributed by atoms with van der Waals surface area (Å²) in [5.74, 6) is -1.37. The van der Waals surface area contributed by atoms with E-state index in [9.17, 15) is 19.2 Å². The SMILES string of the molecule is CCOC1OC(=O)CC1NC(=O)[C@@H]1CCC[C@@H]2C/C=C\C[C@H](NC(=O)c3ccc4ccccc4c3)C(=O)N21. The average molecular weight is 520 g/mol. The summed E-state index contributed by atoms with van der Waals surface area (Å²) >= 11 is 0. The molecule has 2 aromatic rings. The summed E-state index contributed by atoms with van der Waals surface area (Å²) in [5, 5.41) is 7.78. The van der Waals surface area contributed by atoms with Gasteiger partial charge >= 0.3 is 5.97 Å². The van der Waals surface area contributed by atoms with Crippen LogP contribution >= 0.6 is 0 Å². The molecule has 0 radical (unpaired) electrons. The maximum absolute atomic E-state index is 13.9. The Morgan fingerprint density at radius 2 is 1.82 bits per heavy atom. The zero-order valence-corrected chi connectivity index (χ0v) is 21.4. The maximum Gasteiger partial charge on any atom is 0.310 e. The van der Waals surface area contributed by atoms with Gasteiger partial charge in [-0.05, 0) is 61.9 Å². The Kier molecular flexibility index (Phi) is 7.74. The van der Waals surface area contributed by atoms with Crippen LogP contribution in [0.1, 0.15) is 55.8 Å². The van der Waals surface area contributed by atoms with Crippen molar-refractivity contribution in [3.8, 4) is 0 Å². The number of carbonyl (C=O) groups is 4. The second kappa shape index (κ2) is 11.3. The molecule has 0 spiro atoms. The fourth-order valence-corrected chi connectivity index (χ4v) is 5.61. The molecule has 9 heteroatoms. The number of amides is 3. The summed E-state index contributed by atoms with van der Waals surface area (Å²) < 4.78 is 10.7. The Labute approximate surface area is 221 Å². The monoisotopic (exact) mass is 519 g/mol. The first-order valence-corrected chi connectivity index (χ1v) is 13.3. The molecular formula is C29H33N3O6. The lowest BCUT2D eigenvalue weighted by Gasteiger charge is -2.43. The lowest BCUT2D eigenvalue weighted by atomic mass is 9.90. The molecule has 5 rings (SSSR count). The maximum atomic E-state index is 13.9. The smallest absolute Gasteiger partial charge is 0.310 e. The van der Waals surface area contributed by atoms with Crippen molar-refractivity contribution in [3.63, 3.8) is 0 Å². The number of carbonyl (C=O) groups excluding carboxylic acids is 4. The van der Waals surface area contributed by atoms with Gasteiger partial charge in [0.2, 0.25) is 18.1 Å². The summed E-state index contributed by atoms with van der Waals surface area (Å²) in [4.78, 5) is 54.0.